The molecule has 116 valence electrons. The van der Waals surface area contributed by atoms with E-state index in [1.54, 1.807) is 0 Å². The minimum atomic E-state index is -0.445. The van der Waals surface area contributed by atoms with Crippen molar-refractivity contribution in [1.29, 1.82) is 0 Å². The third kappa shape index (κ3) is 4.19. The highest BCUT2D eigenvalue weighted by Crippen LogP contribution is 2.27. The Labute approximate surface area is 127 Å². The van der Waals surface area contributed by atoms with E-state index in [-0.39, 0.29) is 6.17 Å². The summed E-state index contributed by atoms with van der Waals surface area (Å²) in [6, 6.07) is 8.01. The van der Waals surface area contributed by atoms with Crippen molar-refractivity contribution in [2.24, 2.45) is 4.99 Å². The molecule has 0 unspecified atom stereocenters. The zero-order valence-corrected chi connectivity index (χ0v) is 13.4. The van der Waals surface area contributed by atoms with E-state index in [4.69, 9.17) is 9.73 Å². The van der Waals surface area contributed by atoms with E-state index in [2.05, 4.69) is 29.8 Å². The van der Waals surface area contributed by atoms with Gasteiger partial charge in [0.15, 0.2) is 5.72 Å². The average Bonchev–Trinajstić information content (AvgIpc) is 2.44. The minimum Gasteiger partial charge on any atom is -0.468 e. The van der Waals surface area contributed by atoms with Crippen LogP contribution in [0.5, 0.6) is 5.75 Å². The number of hydrogen-bond donors (Lipinski definition) is 3. The van der Waals surface area contributed by atoms with E-state index in [1.807, 2.05) is 38.1 Å². The highest BCUT2D eigenvalue weighted by Gasteiger charge is 2.29. The van der Waals surface area contributed by atoms with E-state index in [9.17, 15) is 0 Å². The van der Waals surface area contributed by atoms with Gasteiger partial charge in [-0.2, -0.15) is 0 Å². The quantitative estimate of drug-likeness (QED) is 0.698. The Hall–Kier alpha value is -1.59. The predicted octanol–water partition coefficient (Wildman–Crippen LogP) is 1.70. The van der Waals surface area contributed by atoms with Crippen molar-refractivity contribution >= 4 is 5.84 Å². The van der Waals surface area contributed by atoms with Crippen LogP contribution >= 0.6 is 0 Å². The van der Waals surface area contributed by atoms with Crippen LogP contribution in [0.15, 0.2) is 29.3 Å². The normalized spacial score (nSPS) is 18.2. The fraction of sp³-hybridized carbons (Fsp3) is 0.562. The summed E-state index contributed by atoms with van der Waals surface area (Å²) in [5.74, 6) is 1.77. The summed E-state index contributed by atoms with van der Waals surface area (Å²) in [6.45, 7) is 10.7. The lowest BCUT2D eigenvalue weighted by Gasteiger charge is -2.35. The van der Waals surface area contributed by atoms with E-state index >= 15 is 0 Å². The molecule has 1 aromatic rings. The van der Waals surface area contributed by atoms with Gasteiger partial charge in [-0.3, -0.25) is 4.99 Å². The molecule has 0 aliphatic carbocycles. The molecule has 0 atom stereocenters. The SMILES string of the molecule is CCNC(CN=C1NC(C)(C)Oc2ccccc21)NCC. The van der Waals surface area contributed by atoms with Gasteiger partial charge in [0.2, 0.25) is 0 Å². The summed E-state index contributed by atoms with van der Waals surface area (Å²) in [7, 11) is 0. The second-order valence-electron chi connectivity index (χ2n) is 5.59. The van der Waals surface area contributed by atoms with Gasteiger partial charge >= 0.3 is 0 Å². The number of nitrogens with zero attached hydrogens (tertiary/aromatic N) is 1. The van der Waals surface area contributed by atoms with Gasteiger partial charge in [0.05, 0.1) is 18.3 Å². The fourth-order valence-electron chi connectivity index (χ4n) is 2.41. The van der Waals surface area contributed by atoms with E-state index in [0.29, 0.717) is 6.54 Å². The first kappa shape index (κ1) is 15.8. The standard InChI is InChI=1S/C16H26N4O/c1-5-17-14(18-6-2)11-19-15-12-9-7-8-10-13(12)21-16(3,4)20-15/h7-10,14,17-18H,5-6,11H2,1-4H3,(H,19,20). The average molecular weight is 290 g/mol. The molecule has 0 spiro atoms. The van der Waals surface area contributed by atoms with Gasteiger partial charge in [0, 0.05) is 0 Å². The van der Waals surface area contributed by atoms with E-state index in [0.717, 1.165) is 30.2 Å². The topological polar surface area (TPSA) is 57.7 Å². The molecule has 1 heterocycles. The Morgan fingerprint density at radius 3 is 2.52 bits per heavy atom. The Kier molecular flexibility index (Phi) is 5.20. The van der Waals surface area contributed by atoms with Gasteiger partial charge in [-0.15, -0.1) is 0 Å². The van der Waals surface area contributed by atoms with Gasteiger partial charge in [0.25, 0.3) is 0 Å². The van der Waals surface area contributed by atoms with Gasteiger partial charge in [-0.05, 0) is 39.1 Å². The summed E-state index contributed by atoms with van der Waals surface area (Å²) in [5, 5.41) is 10.1. The van der Waals surface area contributed by atoms with Crippen molar-refractivity contribution in [1.82, 2.24) is 16.0 Å². The molecular weight excluding hydrogens is 264 g/mol. The number of fused-ring (bicyclic) bond motifs is 1. The lowest BCUT2D eigenvalue weighted by Crippen LogP contribution is -2.52. The number of likely N-dealkylation sites (N-methyl/N-ethyl adjacent to an activating group) is 2. The van der Waals surface area contributed by atoms with Crippen LogP contribution in [-0.2, 0) is 0 Å². The van der Waals surface area contributed by atoms with Crippen molar-refractivity contribution in [3.8, 4) is 5.75 Å². The molecule has 0 aromatic heterocycles. The van der Waals surface area contributed by atoms with Crippen LogP contribution in [0.1, 0.15) is 33.3 Å². The number of benzene rings is 1. The van der Waals surface area contributed by atoms with Gasteiger partial charge < -0.3 is 20.7 Å². The fourth-order valence-corrected chi connectivity index (χ4v) is 2.41. The molecule has 0 fully saturated rings. The van der Waals surface area contributed by atoms with Crippen LogP contribution in [-0.4, -0.2) is 37.4 Å². The van der Waals surface area contributed by atoms with Gasteiger partial charge in [0.1, 0.15) is 11.6 Å². The van der Waals surface area contributed by atoms with Gasteiger partial charge in [-0.25, -0.2) is 0 Å². The van der Waals surface area contributed by atoms with Crippen molar-refractivity contribution in [3.05, 3.63) is 29.8 Å². The maximum Gasteiger partial charge on any atom is 0.176 e. The molecule has 0 bridgehead atoms. The number of nitrogens with one attached hydrogen (secondary N) is 3. The molecule has 0 saturated carbocycles. The Morgan fingerprint density at radius 2 is 1.86 bits per heavy atom. The highest BCUT2D eigenvalue weighted by molar-refractivity contribution is 6.02. The number of amidine groups is 1. The molecule has 5 nitrogen and oxygen atoms in total. The number of aliphatic imine (C=N–C) groups is 1. The monoisotopic (exact) mass is 290 g/mol. The first-order chi connectivity index (χ1) is 10.1. The highest BCUT2D eigenvalue weighted by atomic mass is 16.5. The number of rotatable bonds is 6. The second-order valence-corrected chi connectivity index (χ2v) is 5.59. The van der Waals surface area contributed by atoms with Crippen molar-refractivity contribution in [3.63, 3.8) is 0 Å². The summed E-state index contributed by atoms with van der Waals surface area (Å²) in [6.07, 6.45) is 0.187. The summed E-state index contributed by atoms with van der Waals surface area (Å²) < 4.78 is 5.93. The van der Waals surface area contributed by atoms with Crippen molar-refractivity contribution < 1.29 is 4.74 Å². The van der Waals surface area contributed by atoms with Crippen molar-refractivity contribution in [2.45, 2.75) is 39.6 Å². The zero-order valence-electron chi connectivity index (χ0n) is 13.4. The largest absolute Gasteiger partial charge is 0.468 e. The lowest BCUT2D eigenvalue weighted by molar-refractivity contribution is 0.0864. The molecule has 0 radical (unpaired) electrons. The van der Waals surface area contributed by atoms with E-state index < -0.39 is 5.72 Å². The molecule has 0 amide bonds. The number of ether oxygens (including phenoxy) is 1. The van der Waals surface area contributed by atoms with Crippen LogP contribution in [0.3, 0.4) is 0 Å². The lowest BCUT2D eigenvalue weighted by atomic mass is 10.1. The summed E-state index contributed by atoms with van der Waals surface area (Å²) in [4.78, 5) is 4.76. The Bertz CT molecular complexity index is 493. The van der Waals surface area contributed by atoms with Crippen LogP contribution < -0.4 is 20.7 Å². The third-order valence-electron chi connectivity index (χ3n) is 3.26. The van der Waals surface area contributed by atoms with E-state index in [1.165, 1.54) is 0 Å². The maximum absolute atomic E-state index is 5.93. The molecule has 21 heavy (non-hydrogen) atoms. The molecule has 1 aromatic carbocycles. The number of hydrogen-bond acceptors (Lipinski definition) is 4. The molecule has 1 aliphatic rings. The first-order valence-electron chi connectivity index (χ1n) is 7.63. The minimum absolute atomic E-state index is 0.187. The Balaban J connectivity index is 2.19. The zero-order chi connectivity index (χ0) is 15.3. The second kappa shape index (κ2) is 6.91. The molecule has 5 heteroatoms. The molecule has 0 saturated heterocycles. The molecule has 3 N–H and O–H groups in total. The molecule has 1 aliphatic heterocycles. The van der Waals surface area contributed by atoms with Gasteiger partial charge in [-0.1, -0.05) is 26.0 Å². The van der Waals surface area contributed by atoms with Crippen LogP contribution in [0.2, 0.25) is 0 Å². The van der Waals surface area contributed by atoms with Crippen LogP contribution in [0, 0.1) is 0 Å². The predicted molar refractivity (Wildman–Crippen MR) is 86.8 cm³/mol. The Morgan fingerprint density at radius 1 is 1.19 bits per heavy atom. The molecular formula is C16H26N4O. The van der Waals surface area contributed by atoms with Crippen LogP contribution in [0.25, 0.3) is 0 Å². The van der Waals surface area contributed by atoms with Crippen molar-refractivity contribution in [2.75, 3.05) is 19.6 Å². The van der Waals surface area contributed by atoms with Crippen LogP contribution in [0.4, 0.5) is 0 Å². The summed E-state index contributed by atoms with van der Waals surface area (Å²) >= 11 is 0. The number of para-hydroxylation sites is 1. The smallest absolute Gasteiger partial charge is 0.176 e. The molecule has 2 rings (SSSR count). The third-order valence-corrected chi connectivity index (χ3v) is 3.26. The first-order valence-corrected chi connectivity index (χ1v) is 7.63. The maximum atomic E-state index is 5.93. The summed E-state index contributed by atoms with van der Waals surface area (Å²) in [5.41, 5.74) is 0.572.